The van der Waals surface area contributed by atoms with Crippen LogP contribution in [0.5, 0.6) is 0 Å². The lowest BCUT2D eigenvalue weighted by Crippen LogP contribution is -1.95. The van der Waals surface area contributed by atoms with E-state index in [2.05, 4.69) is 15.5 Å². The number of benzene rings is 2. The Morgan fingerprint density at radius 1 is 0.800 bits per heavy atom. The van der Waals surface area contributed by atoms with Gasteiger partial charge in [-0.15, -0.1) is 0 Å². The van der Waals surface area contributed by atoms with Gasteiger partial charge in [-0.2, -0.15) is 5.10 Å². The van der Waals surface area contributed by atoms with Crippen molar-refractivity contribution in [2.24, 2.45) is 5.10 Å². The molecule has 0 unspecified atom stereocenters. The fourth-order valence-electron chi connectivity index (χ4n) is 2.28. The van der Waals surface area contributed by atoms with E-state index in [9.17, 15) is 0 Å². The molecule has 1 aromatic heterocycles. The fraction of sp³-hybridized carbons (Fsp3) is 0. The lowest BCUT2D eigenvalue weighted by molar-refractivity contribution is 1.28. The van der Waals surface area contributed by atoms with Crippen molar-refractivity contribution in [1.29, 1.82) is 0 Å². The van der Waals surface area contributed by atoms with Crippen LogP contribution in [0.2, 0.25) is 20.1 Å². The Balaban J connectivity index is 1.95. The molecule has 1 heterocycles. The van der Waals surface area contributed by atoms with E-state index >= 15 is 0 Å². The monoisotopic (exact) mass is 409 g/mol. The average Bonchev–Trinajstić information content (AvgIpc) is 2.58. The van der Waals surface area contributed by atoms with Crippen LogP contribution in [0, 0.1) is 0 Å². The third-order valence-corrected chi connectivity index (χ3v) is 4.63. The summed E-state index contributed by atoms with van der Waals surface area (Å²) in [5.41, 5.74) is 5.79. The van der Waals surface area contributed by atoms with Crippen molar-refractivity contribution in [3.8, 4) is 11.1 Å². The first-order valence-corrected chi connectivity index (χ1v) is 8.70. The number of anilines is 1. The number of aromatic nitrogens is 1. The topological polar surface area (TPSA) is 37.3 Å². The van der Waals surface area contributed by atoms with Crippen LogP contribution >= 0.6 is 46.4 Å². The zero-order valence-corrected chi connectivity index (χ0v) is 15.7. The molecular weight excluding hydrogens is 400 g/mol. The number of rotatable bonds is 4. The molecule has 0 spiro atoms. The third kappa shape index (κ3) is 4.07. The summed E-state index contributed by atoms with van der Waals surface area (Å²) in [6, 6.07) is 13.1. The lowest BCUT2D eigenvalue weighted by Gasteiger charge is -2.10. The molecular formula is C18H11Cl4N3. The minimum atomic E-state index is 0.382. The summed E-state index contributed by atoms with van der Waals surface area (Å²) >= 11 is 24.8. The molecule has 0 fully saturated rings. The zero-order valence-electron chi connectivity index (χ0n) is 12.7. The van der Waals surface area contributed by atoms with Gasteiger partial charge in [0.15, 0.2) is 0 Å². The van der Waals surface area contributed by atoms with Gasteiger partial charge in [0, 0.05) is 33.6 Å². The first-order chi connectivity index (χ1) is 12.1. The first-order valence-electron chi connectivity index (χ1n) is 7.19. The predicted octanol–water partition coefficient (Wildman–Crippen LogP) is 6.81. The number of hydrazone groups is 1. The van der Waals surface area contributed by atoms with Crippen molar-refractivity contribution >= 4 is 58.3 Å². The Morgan fingerprint density at radius 3 is 2.12 bits per heavy atom. The van der Waals surface area contributed by atoms with E-state index < -0.39 is 0 Å². The molecule has 7 heteroatoms. The van der Waals surface area contributed by atoms with Crippen LogP contribution in [-0.2, 0) is 0 Å². The zero-order chi connectivity index (χ0) is 17.8. The van der Waals surface area contributed by atoms with Gasteiger partial charge in [0.2, 0.25) is 0 Å². The summed E-state index contributed by atoms with van der Waals surface area (Å²) in [7, 11) is 0. The highest BCUT2D eigenvalue weighted by atomic mass is 35.5. The standard InChI is InChI=1S/C18H11Cl4N3/c19-13-6-3-7-14(20)17(13)12-5-2-1-4-11(12)8-24-25-18-15(21)9-23-10-16(18)22/h1-10H,(H,23,25)/b24-8+. The van der Waals surface area contributed by atoms with Crippen molar-refractivity contribution in [3.63, 3.8) is 0 Å². The van der Waals surface area contributed by atoms with E-state index in [4.69, 9.17) is 46.4 Å². The SMILES string of the molecule is Clc1cncc(Cl)c1N/N=C/c1ccccc1-c1c(Cl)cccc1Cl. The normalized spacial score (nSPS) is 11.0. The maximum atomic E-state index is 6.32. The highest BCUT2D eigenvalue weighted by Crippen LogP contribution is 2.36. The Hall–Kier alpha value is -1.78. The largest absolute Gasteiger partial charge is 0.275 e. The summed E-state index contributed by atoms with van der Waals surface area (Å²) < 4.78 is 0. The molecule has 0 saturated carbocycles. The summed E-state index contributed by atoms with van der Waals surface area (Å²) in [6.45, 7) is 0. The van der Waals surface area contributed by atoms with Gasteiger partial charge in [-0.1, -0.05) is 76.7 Å². The van der Waals surface area contributed by atoms with Gasteiger partial charge in [0.25, 0.3) is 0 Å². The number of pyridine rings is 1. The molecule has 0 saturated heterocycles. The molecule has 0 aliphatic carbocycles. The molecule has 1 N–H and O–H groups in total. The molecule has 0 bridgehead atoms. The van der Waals surface area contributed by atoms with Crippen LogP contribution in [0.1, 0.15) is 5.56 Å². The van der Waals surface area contributed by atoms with E-state index in [0.717, 1.165) is 16.7 Å². The second kappa shape index (κ2) is 8.07. The maximum absolute atomic E-state index is 6.32. The van der Waals surface area contributed by atoms with Crippen molar-refractivity contribution in [2.75, 3.05) is 5.43 Å². The molecule has 0 radical (unpaired) electrons. The second-order valence-electron chi connectivity index (χ2n) is 5.03. The van der Waals surface area contributed by atoms with E-state index in [1.54, 1.807) is 24.4 Å². The molecule has 0 amide bonds. The smallest absolute Gasteiger partial charge is 0.0965 e. The molecule has 3 rings (SSSR count). The van der Waals surface area contributed by atoms with Crippen LogP contribution < -0.4 is 5.43 Å². The van der Waals surface area contributed by atoms with Gasteiger partial charge in [0.1, 0.15) is 0 Å². The van der Waals surface area contributed by atoms with Crippen molar-refractivity contribution in [1.82, 2.24) is 4.98 Å². The van der Waals surface area contributed by atoms with Gasteiger partial charge in [-0.05, 0) is 17.7 Å². The predicted molar refractivity (Wildman–Crippen MR) is 107 cm³/mol. The Kier molecular flexibility index (Phi) is 5.82. The van der Waals surface area contributed by atoms with Crippen LogP contribution in [0.15, 0.2) is 60.0 Å². The molecule has 0 atom stereocenters. The first kappa shape index (κ1) is 18.0. The summed E-state index contributed by atoms with van der Waals surface area (Å²) in [5.74, 6) is 0. The molecule has 3 aromatic rings. The summed E-state index contributed by atoms with van der Waals surface area (Å²) in [5, 5.41) is 6.13. The second-order valence-corrected chi connectivity index (χ2v) is 6.66. The van der Waals surface area contributed by atoms with Crippen LogP contribution in [0.3, 0.4) is 0 Å². The number of halogens is 4. The van der Waals surface area contributed by atoms with Gasteiger partial charge in [-0.3, -0.25) is 10.4 Å². The molecule has 0 aliphatic heterocycles. The number of hydrogen-bond donors (Lipinski definition) is 1. The van der Waals surface area contributed by atoms with E-state index in [-0.39, 0.29) is 0 Å². The van der Waals surface area contributed by atoms with Gasteiger partial charge < -0.3 is 0 Å². The fourth-order valence-corrected chi connectivity index (χ4v) is 3.33. The molecule has 3 nitrogen and oxygen atoms in total. The number of nitrogens with one attached hydrogen (secondary N) is 1. The summed E-state index contributed by atoms with van der Waals surface area (Å²) in [4.78, 5) is 3.90. The van der Waals surface area contributed by atoms with Gasteiger partial charge in [-0.25, -0.2) is 0 Å². The highest BCUT2D eigenvalue weighted by Gasteiger charge is 2.11. The summed E-state index contributed by atoms with van der Waals surface area (Å²) in [6.07, 6.45) is 4.63. The van der Waals surface area contributed by atoms with E-state index in [0.29, 0.717) is 25.8 Å². The van der Waals surface area contributed by atoms with Crippen LogP contribution in [0.4, 0.5) is 5.69 Å². The number of hydrogen-bond acceptors (Lipinski definition) is 3. The Morgan fingerprint density at radius 2 is 1.44 bits per heavy atom. The highest BCUT2D eigenvalue weighted by molar-refractivity contribution is 6.39. The van der Waals surface area contributed by atoms with Crippen molar-refractivity contribution in [3.05, 3.63) is 80.5 Å². The van der Waals surface area contributed by atoms with Crippen LogP contribution in [-0.4, -0.2) is 11.2 Å². The minimum Gasteiger partial charge on any atom is -0.275 e. The van der Waals surface area contributed by atoms with Crippen molar-refractivity contribution in [2.45, 2.75) is 0 Å². The van der Waals surface area contributed by atoms with Crippen molar-refractivity contribution < 1.29 is 0 Å². The van der Waals surface area contributed by atoms with E-state index in [1.807, 2.05) is 24.3 Å². The Labute approximate surface area is 165 Å². The molecule has 25 heavy (non-hydrogen) atoms. The van der Waals surface area contributed by atoms with E-state index in [1.165, 1.54) is 12.4 Å². The third-order valence-electron chi connectivity index (χ3n) is 3.43. The molecule has 126 valence electrons. The number of nitrogens with zero attached hydrogens (tertiary/aromatic N) is 2. The molecule has 2 aromatic carbocycles. The maximum Gasteiger partial charge on any atom is 0.0965 e. The van der Waals surface area contributed by atoms with Gasteiger partial charge in [0.05, 0.1) is 21.9 Å². The average molecular weight is 411 g/mol. The quantitative estimate of drug-likeness (QED) is 0.379. The van der Waals surface area contributed by atoms with Crippen LogP contribution in [0.25, 0.3) is 11.1 Å². The van der Waals surface area contributed by atoms with Gasteiger partial charge >= 0.3 is 0 Å². The Bertz CT molecular complexity index is 901. The minimum absolute atomic E-state index is 0.382. The molecule has 0 aliphatic rings. The lowest BCUT2D eigenvalue weighted by atomic mass is 10.0.